The zero-order valence-electron chi connectivity index (χ0n) is 10.6. The molecule has 1 fully saturated rings. The third-order valence-corrected chi connectivity index (χ3v) is 2.98. The first-order chi connectivity index (χ1) is 6.82. The average molecular weight is 212 g/mol. The molecule has 1 atom stereocenters. The summed E-state index contributed by atoms with van der Waals surface area (Å²) >= 11 is 0. The van der Waals surface area contributed by atoms with Gasteiger partial charge < -0.3 is 10.2 Å². The summed E-state index contributed by atoms with van der Waals surface area (Å²) in [6.45, 7) is 6.63. The quantitative estimate of drug-likeness (QED) is 0.765. The lowest BCUT2D eigenvalue weighted by Crippen LogP contribution is -2.44. The van der Waals surface area contributed by atoms with Crippen molar-refractivity contribution in [3.8, 4) is 0 Å². The molecule has 3 nitrogen and oxygen atoms in total. The largest absolute Gasteiger partial charge is 0.354 e. The third-order valence-electron chi connectivity index (χ3n) is 2.98. The van der Waals surface area contributed by atoms with Gasteiger partial charge in [-0.25, -0.2) is 0 Å². The van der Waals surface area contributed by atoms with Crippen molar-refractivity contribution in [3.63, 3.8) is 0 Å². The van der Waals surface area contributed by atoms with Crippen molar-refractivity contribution in [2.45, 2.75) is 39.7 Å². The fourth-order valence-corrected chi connectivity index (χ4v) is 1.71. The van der Waals surface area contributed by atoms with Gasteiger partial charge in [-0.1, -0.05) is 20.8 Å². The van der Waals surface area contributed by atoms with Crippen LogP contribution in [-0.4, -0.2) is 37.5 Å². The average Bonchev–Trinajstić information content (AvgIpc) is 2.85. The Kier molecular flexibility index (Phi) is 3.77. The lowest BCUT2D eigenvalue weighted by molar-refractivity contribution is -0.128. The van der Waals surface area contributed by atoms with E-state index in [1.54, 1.807) is 0 Å². The van der Waals surface area contributed by atoms with E-state index in [0.717, 1.165) is 12.5 Å². The maximum atomic E-state index is 11.7. The highest BCUT2D eigenvalue weighted by Gasteiger charge is 2.33. The van der Waals surface area contributed by atoms with Crippen LogP contribution in [-0.2, 0) is 4.79 Å². The monoisotopic (exact) mass is 212 g/mol. The predicted molar refractivity (Wildman–Crippen MR) is 62.7 cm³/mol. The minimum atomic E-state index is -0.277. The molecular weight excluding hydrogens is 188 g/mol. The Labute approximate surface area is 93.2 Å². The number of nitrogens with one attached hydrogen (secondary N) is 1. The van der Waals surface area contributed by atoms with E-state index in [9.17, 15) is 4.79 Å². The normalized spacial score (nSPS) is 19.1. The molecule has 1 aliphatic rings. The first-order valence-electron chi connectivity index (χ1n) is 5.77. The number of amides is 1. The Morgan fingerprint density at radius 1 is 1.40 bits per heavy atom. The standard InChI is InChI=1S/C12H24N2O/c1-12(2,3)11(15)13-8-10(14(4)5)9-6-7-9/h9-10H,6-8H2,1-5H3,(H,13,15). The zero-order valence-corrected chi connectivity index (χ0v) is 10.6. The van der Waals surface area contributed by atoms with Crippen LogP contribution in [0.2, 0.25) is 0 Å². The van der Waals surface area contributed by atoms with Gasteiger partial charge in [-0.3, -0.25) is 4.79 Å². The van der Waals surface area contributed by atoms with Gasteiger partial charge in [-0.05, 0) is 32.9 Å². The second kappa shape index (κ2) is 4.52. The van der Waals surface area contributed by atoms with E-state index in [4.69, 9.17) is 0 Å². The van der Waals surface area contributed by atoms with Gasteiger partial charge in [0.05, 0.1) is 0 Å². The number of hydrogen-bond donors (Lipinski definition) is 1. The molecule has 0 aliphatic heterocycles. The summed E-state index contributed by atoms with van der Waals surface area (Å²) < 4.78 is 0. The summed E-state index contributed by atoms with van der Waals surface area (Å²) in [7, 11) is 4.18. The van der Waals surface area contributed by atoms with Crippen molar-refractivity contribution in [2.24, 2.45) is 11.3 Å². The van der Waals surface area contributed by atoms with Gasteiger partial charge in [0, 0.05) is 18.0 Å². The molecule has 1 rings (SSSR count). The van der Waals surface area contributed by atoms with Crippen LogP contribution >= 0.6 is 0 Å². The minimum Gasteiger partial charge on any atom is -0.354 e. The van der Waals surface area contributed by atoms with Gasteiger partial charge in [-0.2, -0.15) is 0 Å². The molecule has 15 heavy (non-hydrogen) atoms. The molecule has 3 heteroatoms. The third kappa shape index (κ3) is 3.82. The summed E-state index contributed by atoms with van der Waals surface area (Å²) in [6, 6.07) is 0.510. The van der Waals surface area contributed by atoms with Gasteiger partial charge in [-0.15, -0.1) is 0 Å². The van der Waals surface area contributed by atoms with Gasteiger partial charge in [0.15, 0.2) is 0 Å². The molecule has 1 saturated carbocycles. The maximum absolute atomic E-state index is 11.7. The van der Waals surface area contributed by atoms with Crippen LogP contribution in [0.25, 0.3) is 0 Å². The molecule has 1 N–H and O–H groups in total. The molecule has 0 aromatic rings. The van der Waals surface area contributed by atoms with Crippen molar-refractivity contribution in [1.29, 1.82) is 0 Å². The molecule has 0 bridgehead atoms. The number of hydrogen-bond acceptors (Lipinski definition) is 2. The van der Waals surface area contributed by atoms with Crippen LogP contribution in [0, 0.1) is 11.3 Å². The first kappa shape index (κ1) is 12.5. The molecule has 0 aromatic carbocycles. The first-order valence-corrected chi connectivity index (χ1v) is 5.77. The van der Waals surface area contributed by atoms with E-state index in [1.807, 2.05) is 20.8 Å². The zero-order chi connectivity index (χ0) is 11.6. The molecule has 1 unspecified atom stereocenters. The van der Waals surface area contributed by atoms with Crippen LogP contribution in [0.3, 0.4) is 0 Å². The second-order valence-corrected chi connectivity index (χ2v) is 5.83. The van der Waals surface area contributed by atoms with Crippen LogP contribution in [0.15, 0.2) is 0 Å². The molecule has 0 heterocycles. The molecule has 0 aromatic heterocycles. The fraction of sp³-hybridized carbons (Fsp3) is 0.917. The second-order valence-electron chi connectivity index (χ2n) is 5.83. The van der Waals surface area contributed by atoms with Gasteiger partial charge in [0.1, 0.15) is 0 Å². The number of nitrogens with zero attached hydrogens (tertiary/aromatic N) is 1. The van der Waals surface area contributed by atoms with Crippen molar-refractivity contribution < 1.29 is 4.79 Å². The Balaban J connectivity index is 2.37. The Hall–Kier alpha value is -0.570. The smallest absolute Gasteiger partial charge is 0.225 e. The number of likely N-dealkylation sites (N-methyl/N-ethyl adjacent to an activating group) is 1. The lowest BCUT2D eigenvalue weighted by Gasteiger charge is -2.26. The molecule has 0 radical (unpaired) electrons. The molecule has 0 spiro atoms. The maximum Gasteiger partial charge on any atom is 0.225 e. The molecule has 1 aliphatic carbocycles. The van der Waals surface area contributed by atoms with E-state index in [1.165, 1.54) is 12.8 Å². The highest BCUT2D eigenvalue weighted by atomic mass is 16.2. The SMILES string of the molecule is CN(C)C(CNC(=O)C(C)(C)C)C1CC1. The summed E-state index contributed by atoms with van der Waals surface area (Å²) in [5.41, 5.74) is -0.277. The Morgan fingerprint density at radius 2 is 1.93 bits per heavy atom. The minimum absolute atomic E-state index is 0.148. The van der Waals surface area contributed by atoms with Gasteiger partial charge >= 0.3 is 0 Å². The number of rotatable bonds is 4. The van der Waals surface area contributed by atoms with E-state index in [0.29, 0.717) is 6.04 Å². The Bertz CT molecular complexity index is 224. The van der Waals surface area contributed by atoms with Crippen LogP contribution in [0.5, 0.6) is 0 Å². The van der Waals surface area contributed by atoms with Crippen molar-refractivity contribution in [1.82, 2.24) is 10.2 Å². The summed E-state index contributed by atoms with van der Waals surface area (Å²) in [6.07, 6.45) is 2.63. The number of carbonyl (C=O) groups is 1. The highest BCUT2D eigenvalue weighted by molar-refractivity contribution is 5.81. The van der Waals surface area contributed by atoms with Crippen LogP contribution in [0.1, 0.15) is 33.6 Å². The summed E-state index contributed by atoms with van der Waals surface area (Å²) in [5.74, 6) is 0.940. The van der Waals surface area contributed by atoms with Crippen molar-refractivity contribution >= 4 is 5.91 Å². The topological polar surface area (TPSA) is 32.3 Å². The fourth-order valence-electron chi connectivity index (χ4n) is 1.71. The van der Waals surface area contributed by atoms with Crippen molar-refractivity contribution in [3.05, 3.63) is 0 Å². The van der Waals surface area contributed by atoms with E-state index < -0.39 is 0 Å². The molecule has 1 amide bonds. The predicted octanol–water partition coefficient (Wildman–Crippen LogP) is 1.49. The number of carbonyl (C=O) groups excluding carboxylic acids is 1. The lowest BCUT2D eigenvalue weighted by atomic mass is 9.95. The van der Waals surface area contributed by atoms with Crippen molar-refractivity contribution in [2.75, 3.05) is 20.6 Å². The van der Waals surface area contributed by atoms with E-state index in [2.05, 4.69) is 24.3 Å². The Morgan fingerprint density at radius 3 is 2.27 bits per heavy atom. The van der Waals surface area contributed by atoms with Gasteiger partial charge in [0.25, 0.3) is 0 Å². The molecular formula is C12H24N2O. The molecule has 88 valence electrons. The van der Waals surface area contributed by atoms with Crippen LogP contribution < -0.4 is 5.32 Å². The van der Waals surface area contributed by atoms with Crippen LogP contribution in [0.4, 0.5) is 0 Å². The van der Waals surface area contributed by atoms with Gasteiger partial charge in [0.2, 0.25) is 5.91 Å². The van der Waals surface area contributed by atoms with E-state index in [-0.39, 0.29) is 11.3 Å². The summed E-state index contributed by atoms with van der Waals surface area (Å²) in [4.78, 5) is 13.9. The highest BCUT2D eigenvalue weighted by Crippen LogP contribution is 2.34. The van der Waals surface area contributed by atoms with E-state index >= 15 is 0 Å². The summed E-state index contributed by atoms with van der Waals surface area (Å²) in [5, 5.41) is 3.04. The molecule has 0 saturated heterocycles.